The van der Waals surface area contributed by atoms with Crippen LogP contribution in [0.2, 0.25) is 5.02 Å². The summed E-state index contributed by atoms with van der Waals surface area (Å²) >= 11 is 5.72. The van der Waals surface area contributed by atoms with Gasteiger partial charge in [0.15, 0.2) is 0 Å². The first-order valence-corrected chi connectivity index (χ1v) is 7.32. The SMILES string of the molecule is O=[N+]([O-])c1c(Nc2ccc(F)c(Cl)c2)ncnc1Nc1ccccn1. The summed E-state index contributed by atoms with van der Waals surface area (Å²) in [6.45, 7) is 0. The Morgan fingerprint density at radius 2 is 1.84 bits per heavy atom. The summed E-state index contributed by atoms with van der Waals surface area (Å²) in [6.07, 6.45) is 2.70. The van der Waals surface area contributed by atoms with Gasteiger partial charge in [-0.05, 0) is 30.3 Å². The zero-order valence-corrected chi connectivity index (χ0v) is 13.2. The standard InChI is InChI=1S/C15H10ClFN6O2/c16-10-7-9(4-5-11(10)17)21-14-13(23(24)25)15(20-8-19-14)22-12-3-1-2-6-18-12/h1-8H,(H2,18,19,20,21,22). The van der Waals surface area contributed by atoms with E-state index >= 15 is 0 Å². The molecule has 0 spiro atoms. The van der Waals surface area contributed by atoms with Crippen molar-refractivity contribution in [3.05, 3.63) is 69.9 Å². The van der Waals surface area contributed by atoms with Crippen LogP contribution in [0.25, 0.3) is 0 Å². The van der Waals surface area contributed by atoms with Gasteiger partial charge in [0.05, 0.1) is 9.95 Å². The van der Waals surface area contributed by atoms with E-state index in [2.05, 4.69) is 25.6 Å². The van der Waals surface area contributed by atoms with Gasteiger partial charge in [-0.25, -0.2) is 19.3 Å². The van der Waals surface area contributed by atoms with E-state index in [4.69, 9.17) is 11.6 Å². The molecule has 1 aromatic carbocycles. The van der Waals surface area contributed by atoms with Crippen molar-refractivity contribution in [1.82, 2.24) is 15.0 Å². The van der Waals surface area contributed by atoms with Crippen molar-refractivity contribution < 1.29 is 9.31 Å². The molecule has 0 amide bonds. The zero-order valence-electron chi connectivity index (χ0n) is 12.5. The molecule has 0 aliphatic heterocycles. The van der Waals surface area contributed by atoms with E-state index in [0.29, 0.717) is 11.5 Å². The number of pyridine rings is 1. The zero-order chi connectivity index (χ0) is 17.8. The summed E-state index contributed by atoms with van der Waals surface area (Å²) in [6, 6.07) is 8.91. The van der Waals surface area contributed by atoms with Gasteiger partial charge >= 0.3 is 5.69 Å². The molecule has 3 aromatic rings. The molecule has 0 unspecified atom stereocenters. The van der Waals surface area contributed by atoms with Crippen molar-refractivity contribution in [3.63, 3.8) is 0 Å². The Labute approximate surface area is 145 Å². The molecule has 0 saturated heterocycles. The van der Waals surface area contributed by atoms with Crippen LogP contribution < -0.4 is 10.6 Å². The summed E-state index contributed by atoms with van der Waals surface area (Å²) in [5, 5.41) is 16.9. The first-order chi connectivity index (χ1) is 12.0. The molecule has 0 aliphatic carbocycles. The molecule has 25 heavy (non-hydrogen) atoms. The Hall–Kier alpha value is -3.33. The van der Waals surface area contributed by atoms with Crippen LogP contribution >= 0.6 is 11.6 Å². The van der Waals surface area contributed by atoms with E-state index in [-0.39, 0.29) is 22.3 Å². The van der Waals surface area contributed by atoms with Gasteiger partial charge in [0.25, 0.3) is 0 Å². The molecular weight excluding hydrogens is 351 g/mol. The maximum atomic E-state index is 13.2. The van der Waals surface area contributed by atoms with Crippen molar-refractivity contribution in [2.75, 3.05) is 10.6 Å². The second-order valence-electron chi connectivity index (χ2n) is 4.77. The van der Waals surface area contributed by atoms with Crippen molar-refractivity contribution in [2.45, 2.75) is 0 Å². The lowest BCUT2D eigenvalue weighted by Crippen LogP contribution is -2.06. The molecular formula is C15H10ClFN6O2. The summed E-state index contributed by atoms with van der Waals surface area (Å²) < 4.78 is 13.2. The third kappa shape index (κ3) is 3.78. The molecule has 0 radical (unpaired) electrons. The van der Waals surface area contributed by atoms with Crippen LogP contribution in [0.4, 0.5) is 33.2 Å². The molecule has 8 nitrogen and oxygen atoms in total. The Kier molecular flexibility index (Phi) is 4.66. The predicted molar refractivity (Wildman–Crippen MR) is 90.9 cm³/mol. The molecule has 0 atom stereocenters. The lowest BCUT2D eigenvalue weighted by Gasteiger charge is -2.10. The minimum atomic E-state index is -0.626. The van der Waals surface area contributed by atoms with Gasteiger partial charge in [-0.1, -0.05) is 17.7 Å². The van der Waals surface area contributed by atoms with Gasteiger partial charge in [0.1, 0.15) is 18.0 Å². The first-order valence-electron chi connectivity index (χ1n) is 6.94. The molecule has 126 valence electrons. The minimum absolute atomic E-state index is 0.0330. The number of aromatic nitrogens is 3. The van der Waals surface area contributed by atoms with Crippen LogP contribution in [0.15, 0.2) is 48.9 Å². The number of halogens is 2. The average Bonchev–Trinajstić information content (AvgIpc) is 2.59. The molecule has 2 aromatic heterocycles. The molecule has 0 fully saturated rings. The fourth-order valence-corrected chi connectivity index (χ4v) is 2.18. The summed E-state index contributed by atoms with van der Waals surface area (Å²) in [4.78, 5) is 22.7. The Balaban J connectivity index is 1.97. The van der Waals surface area contributed by atoms with Gasteiger partial charge < -0.3 is 10.6 Å². The average molecular weight is 361 g/mol. The van der Waals surface area contributed by atoms with E-state index in [9.17, 15) is 14.5 Å². The summed E-state index contributed by atoms with van der Waals surface area (Å²) in [5.41, 5.74) is -0.0365. The molecule has 2 N–H and O–H groups in total. The Morgan fingerprint density at radius 1 is 1.08 bits per heavy atom. The van der Waals surface area contributed by atoms with Crippen LogP contribution in [0.5, 0.6) is 0 Å². The van der Waals surface area contributed by atoms with Crippen LogP contribution in [0.1, 0.15) is 0 Å². The van der Waals surface area contributed by atoms with E-state index in [1.165, 1.54) is 18.3 Å². The topological polar surface area (TPSA) is 106 Å². The van der Waals surface area contributed by atoms with E-state index in [1.807, 2.05) is 0 Å². The monoisotopic (exact) mass is 360 g/mol. The molecule has 0 bridgehead atoms. The highest BCUT2D eigenvalue weighted by atomic mass is 35.5. The molecule has 2 heterocycles. The second-order valence-corrected chi connectivity index (χ2v) is 5.18. The fraction of sp³-hybridized carbons (Fsp3) is 0. The number of anilines is 4. The largest absolute Gasteiger partial charge is 0.353 e. The van der Waals surface area contributed by atoms with Crippen LogP contribution in [-0.2, 0) is 0 Å². The van der Waals surface area contributed by atoms with Crippen LogP contribution in [0.3, 0.4) is 0 Å². The first kappa shape index (κ1) is 16.5. The third-order valence-corrected chi connectivity index (χ3v) is 3.39. The lowest BCUT2D eigenvalue weighted by molar-refractivity contribution is -0.383. The van der Waals surface area contributed by atoms with E-state index in [0.717, 1.165) is 12.4 Å². The fourth-order valence-electron chi connectivity index (χ4n) is 2.00. The van der Waals surface area contributed by atoms with E-state index < -0.39 is 10.7 Å². The molecule has 0 aliphatic rings. The van der Waals surface area contributed by atoms with E-state index in [1.54, 1.807) is 18.2 Å². The maximum absolute atomic E-state index is 13.2. The second kappa shape index (κ2) is 7.05. The van der Waals surface area contributed by atoms with Crippen molar-refractivity contribution >= 4 is 40.4 Å². The number of nitrogens with one attached hydrogen (secondary N) is 2. The van der Waals surface area contributed by atoms with Gasteiger partial charge in [-0.15, -0.1) is 0 Å². The van der Waals surface area contributed by atoms with Crippen LogP contribution in [0, 0.1) is 15.9 Å². The highest BCUT2D eigenvalue weighted by molar-refractivity contribution is 6.31. The Bertz CT molecular complexity index is 925. The smallest absolute Gasteiger partial charge is 0.334 e. The Morgan fingerprint density at radius 3 is 2.48 bits per heavy atom. The number of nitro groups is 1. The third-order valence-electron chi connectivity index (χ3n) is 3.10. The normalized spacial score (nSPS) is 10.3. The maximum Gasteiger partial charge on any atom is 0.353 e. The summed E-state index contributed by atoms with van der Waals surface area (Å²) in [7, 11) is 0. The minimum Gasteiger partial charge on any atom is -0.334 e. The lowest BCUT2D eigenvalue weighted by atomic mass is 10.3. The molecule has 3 rings (SSSR count). The van der Waals surface area contributed by atoms with Gasteiger partial charge in [0.2, 0.25) is 11.6 Å². The highest BCUT2D eigenvalue weighted by Crippen LogP contribution is 2.33. The predicted octanol–water partition coefficient (Wildman–Crippen LogP) is 4.06. The number of hydrogen-bond donors (Lipinski definition) is 2. The van der Waals surface area contributed by atoms with Crippen LogP contribution in [-0.4, -0.2) is 19.9 Å². The number of nitrogens with zero attached hydrogens (tertiary/aromatic N) is 4. The quantitative estimate of drug-likeness (QED) is 0.522. The van der Waals surface area contributed by atoms with Crippen molar-refractivity contribution in [3.8, 4) is 0 Å². The van der Waals surface area contributed by atoms with Gasteiger partial charge in [0, 0.05) is 11.9 Å². The molecule has 0 saturated carbocycles. The van der Waals surface area contributed by atoms with Crippen molar-refractivity contribution in [1.29, 1.82) is 0 Å². The van der Waals surface area contributed by atoms with Gasteiger partial charge in [-0.3, -0.25) is 10.1 Å². The highest BCUT2D eigenvalue weighted by Gasteiger charge is 2.23. The number of hydrogen-bond acceptors (Lipinski definition) is 7. The number of benzene rings is 1. The summed E-state index contributed by atoms with van der Waals surface area (Å²) in [5.74, 6) is -0.308. The van der Waals surface area contributed by atoms with Gasteiger partial charge in [-0.2, -0.15) is 0 Å². The number of rotatable bonds is 5. The van der Waals surface area contributed by atoms with Crippen molar-refractivity contribution in [2.24, 2.45) is 0 Å². The molecule has 10 heteroatoms.